The molecular formula is C16H18BrN. The smallest absolute Gasteiger partial charge is 0.0568 e. The summed E-state index contributed by atoms with van der Waals surface area (Å²) >= 11 is 3.58. The zero-order valence-corrected chi connectivity index (χ0v) is 12.6. The molecular weight excluding hydrogens is 286 g/mol. The van der Waals surface area contributed by atoms with Crippen LogP contribution in [0.1, 0.15) is 33.9 Å². The van der Waals surface area contributed by atoms with Crippen molar-refractivity contribution >= 4 is 15.9 Å². The molecule has 2 aromatic rings. The fraction of sp³-hybridized carbons (Fsp3) is 0.250. The van der Waals surface area contributed by atoms with Crippen LogP contribution in [0.4, 0.5) is 0 Å². The van der Waals surface area contributed by atoms with Crippen molar-refractivity contribution in [2.24, 2.45) is 5.73 Å². The summed E-state index contributed by atoms with van der Waals surface area (Å²) in [5, 5.41) is 0. The molecule has 2 heteroatoms. The second-order valence-corrected chi connectivity index (χ2v) is 5.67. The monoisotopic (exact) mass is 303 g/mol. The van der Waals surface area contributed by atoms with Gasteiger partial charge in [0.15, 0.2) is 0 Å². The molecule has 0 saturated heterocycles. The SMILES string of the molecule is Cc1cc(C)c(C(N)c2ccccc2Br)c(C)c1. The van der Waals surface area contributed by atoms with Gasteiger partial charge in [0.1, 0.15) is 0 Å². The van der Waals surface area contributed by atoms with Crippen molar-refractivity contribution in [1.29, 1.82) is 0 Å². The molecule has 2 N–H and O–H groups in total. The zero-order valence-electron chi connectivity index (χ0n) is 11.0. The number of hydrogen-bond acceptors (Lipinski definition) is 1. The van der Waals surface area contributed by atoms with Crippen LogP contribution >= 0.6 is 15.9 Å². The molecule has 1 atom stereocenters. The van der Waals surface area contributed by atoms with Crippen LogP contribution in [0.5, 0.6) is 0 Å². The lowest BCUT2D eigenvalue weighted by molar-refractivity contribution is 0.845. The Kier molecular flexibility index (Phi) is 3.88. The standard InChI is InChI=1S/C16H18BrN/c1-10-8-11(2)15(12(3)9-10)16(18)13-6-4-5-7-14(13)17/h4-9,16H,18H2,1-3H3. The maximum atomic E-state index is 6.44. The molecule has 0 amide bonds. The van der Waals surface area contributed by atoms with E-state index in [1.807, 2.05) is 18.2 Å². The summed E-state index contributed by atoms with van der Waals surface area (Å²) in [7, 11) is 0. The molecule has 0 saturated carbocycles. The molecule has 0 heterocycles. The van der Waals surface area contributed by atoms with E-state index in [9.17, 15) is 0 Å². The van der Waals surface area contributed by atoms with Crippen LogP contribution in [-0.2, 0) is 0 Å². The van der Waals surface area contributed by atoms with Gasteiger partial charge in [-0.3, -0.25) is 0 Å². The van der Waals surface area contributed by atoms with Crippen molar-refractivity contribution in [3.63, 3.8) is 0 Å². The predicted molar refractivity (Wildman–Crippen MR) is 80.8 cm³/mol. The molecule has 0 aliphatic rings. The number of hydrogen-bond donors (Lipinski definition) is 1. The summed E-state index contributed by atoms with van der Waals surface area (Å²) in [5.74, 6) is 0. The van der Waals surface area contributed by atoms with Crippen molar-refractivity contribution in [1.82, 2.24) is 0 Å². The summed E-state index contributed by atoms with van der Waals surface area (Å²) in [5.41, 5.74) is 12.6. The zero-order chi connectivity index (χ0) is 13.3. The maximum Gasteiger partial charge on any atom is 0.0568 e. The summed E-state index contributed by atoms with van der Waals surface area (Å²) in [6, 6.07) is 12.5. The van der Waals surface area contributed by atoms with Crippen molar-refractivity contribution in [2.45, 2.75) is 26.8 Å². The van der Waals surface area contributed by atoms with Crippen molar-refractivity contribution in [2.75, 3.05) is 0 Å². The van der Waals surface area contributed by atoms with Crippen molar-refractivity contribution in [3.05, 3.63) is 68.7 Å². The van der Waals surface area contributed by atoms with E-state index in [2.05, 4.69) is 54.9 Å². The van der Waals surface area contributed by atoms with Gasteiger partial charge in [0.25, 0.3) is 0 Å². The Morgan fingerprint density at radius 3 is 2.11 bits per heavy atom. The maximum absolute atomic E-state index is 6.44. The number of rotatable bonds is 2. The van der Waals surface area contributed by atoms with Gasteiger partial charge < -0.3 is 5.73 Å². The average Bonchev–Trinajstić information content (AvgIpc) is 2.27. The first-order chi connectivity index (χ1) is 8.50. The van der Waals surface area contributed by atoms with Crippen LogP contribution in [0.25, 0.3) is 0 Å². The molecule has 2 aromatic carbocycles. The quantitative estimate of drug-likeness (QED) is 0.873. The molecule has 0 aliphatic carbocycles. The largest absolute Gasteiger partial charge is 0.320 e. The first-order valence-corrected chi connectivity index (χ1v) is 6.87. The van der Waals surface area contributed by atoms with Crippen LogP contribution in [0.15, 0.2) is 40.9 Å². The first-order valence-electron chi connectivity index (χ1n) is 6.08. The normalized spacial score (nSPS) is 12.5. The summed E-state index contributed by atoms with van der Waals surface area (Å²) < 4.78 is 1.07. The summed E-state index contributed by atoms with van der Waals surface area (Å²) in [6.07, 6.45) is 0. The third-order valence-electron chi connectivity index (χ3n) is 3.29. The van der Waals surface area contributed by atoms with Gasteiger partial charge >= 0.3 is 0 Å². The minimum absolute atomic E-state index is 0.0822. The van der Waals surface area contributed by atoms with Gasteiger partial charge in [0.2, 0.25) is 0 Å². The number of aryl methyl sites for hydroxylation is 3. The lowest BCUT2D eigenvalue weighted by atomic mass is 9.90. The third-order valence-corrected chi connectivity index (χ3v) is 4.01. The van der Waals surface area contributed by atoms with Crippen LogP contribution in [-0.4, -0.2) is 0 Å². The van der Waals surface area contributed by atoms with E-state index in [4.69, 9.17) is 5.73 Å². The Hall–Kier alpha value is -1.12. The lowest BCUT2D eigenvalue weighted by Gasteiger charge is -2.20. The molecule has 2 rings (SSSR count). The second-order valence-electron chi connectivity index (χ2n) is 4.81. The van der Waals surface area contributed by atoms with E-state index in [1.54, 1.807) is 0 Å². The first kappa shape index (κ1) is 13.3. The van der Waals surface area contributed by atoms with Gasteiger partial charge in [-0.2, -0.15) is 0 Å². The Morgan fingerprint density at radius 2 is 1.56 bits per heavy atom. The minimum Gasteiger partial charge on any atom is -0.320 e. The second kappa shape index (κ2) is 5.25. The minimum atomic E-state index is -0.0822. The van der Waals surface area contributed by atoms with E-state index in [-0.39, 0.29) is 6.04 Å². The molecule has 0 radical (unpaired) electrons. The molecule has 0 aliphatic heterocycles. The number of nitrogens with two attached hydrogens (primary N) is 1. The highest BCUT2D eigenvalue weighted by Crippen LogP contribution is 2.30. The van der Waals surface area contributed by atoms with Crippen LogP contribution in [0, 0.1) is 20.8 Å². The Bertz CT molecular complexity index is 552. The summed E-state index contributed by atoms with van der Waals surface area (Å²) in [4.78, 5) is 0. The van der Waals surface area contributed by atoms with Gasteiger partial charge in [-0.05, 0) is 49.1 Å². The highest BCUT2D eigenvalue weighted by atomic mass is 79.9. The van der Waals surface area contributed by atoms with Crippen molar-refractivity contribution < 1.29 is 0 Å². The Balaban J connectivity index is 2.53. The van der Waals surface area contributed by atoms with Crippen molar-refractivity contribution in [3.8, 4) is 0 Å². The van der Waals surface area contributed by atoms with Crippen LogP contribution in [0.2, 0.25) is 0 Å². The van der Waals surface area contributed by atoms with Crippen LogP contribution in [0.3, 0.4) is 0 Å². The van der Waals surface area contributed by atoms with Gasteiger partial charge in [-0.15, -0.1) is 0 Å². The lowest BCUT2D eigenvalue weighted by Crippen LogP contribution is -2.15. The van der Waals surface area contributed by atoms with Gasteiger partial charge in [0, 0.05) is 4.47 Å². The number of benzene rings is 2. The van der Waals surface area contributed by atoms with E-state index in [1.165, 1.54) is 22.3 Å². The molecule has 1 unspecified atom stereocenters. The van der Waals surface area contributed by atoms with E-state index >= 15 is 0 Å². The molecule has 0 bridgehead atoms. The predicted octanol–water partition coefficient (Wildman–Crippen LogP) is 4.42. The van der Waals surface area contributed by atoms with Gasteiger partial charge in [-0.25, -0.2) is 0 Å². The Morgan fingerprint density at radius 1 is 1.00 bits per heavy atom. The number of halogens is 1. The average molecular weight is 304 g/mol. The highest BCUT2D eigenvalue weighted by Gasteiger charge is 2.16. The van der Waals surface area contributed by atoms with E-state index < -0.39 is 0 Å². The molecule has 1 nitrogen and oxygen atoms in total. The highest BCUT2D eigenvalue weighted by molar-refractivity contribution is 9.10. The van der Waals surface area contributed by atoms with E-state index in [0.29, 0.717) is 0 Å². The molecule has 94 valence electrons. The Labute approximate surface area is 117 Å². The fourth-order valence-corrected chi connectivity index (χ4v) is 3.10. The molecule has 0 fully saturated rings. The third kappa shape index (κ3) is 2.50. The van der Waals surface area contributed by atoms with Crippen LogP contribution < -0.4 is 5.73 Å². The summed E-state index contributed by atoms with van der Waals surface area (Å²) in [6.45, 7) is 6.38. The molecule has 18 heavy (non-hydrogen) atoms. The van der Waals surface area contributed by atoms with Gasteiger partial charge in [-0.1, -0.05) is 51.8 Å². The molecule has 0 spiro atoms. The van der Waals surface area contributed by atoms with Gasteiger partial charge in [0.05, 0.1) is 6.04 Å². The molecule has 0 aromatic heterocycles. The van der Waals surface area contributed by atoms with E-state index in [0.717, 1.165) is 10.0 Å². The fourth-order valence-electron chi connectivity index (χ4n) is 2.56. The topological polar surface area (TPSA) is 26.0 Å².